The highest BCUT2D eigenvalue weighted by molar-refractivity contribution is 7.90. The maximum atomic E-state index is 13.5. The van der Waals surface area contributed by atoms with Crippen molar-refractivity contribution in [3.05, 3.63) is 66.2 Å². The minimum absolute atomic E-state index is 0.139. The first kappa shape index (κ1) is 20.8. The van der Waals surface area contributed by atoms with Crippen molar-refractivity contribution in [1.82, 2.24) is 24.8 Å². The molecule has 1 amide bonds. The van der Waals surface area contributed by atoms with Crippen LogP contribution in [0.25, 0.3) is 28.3 Å². The summed E-state index contributed by atoms with van der Waals surface area (Å²) in [5.74, 6) is -0.187. The summed E-state index contributed by atoms with van der Waals surface area (Å²) >= 11 is 0. The van der Waals surface area contributed by atoms with Gasteiger partial charge < -0.3 is 14.2 Å². The standard InChI is InChI=1S/C23H19N5O5S/c29-23(27-8-10-32-11-9-27)20-18-13-34(30,31)19-7-2-1-6-17(19)21(18)28(25-20)16-5-3-4-15(12-16)22-24-14-33-26-22/h1-7,12,14H,8-11,13H2. The highest BCUT2D eigenvalue weighted by Crippen LogP contribution is 2.41. The predicted octanol–water partition coefficient (Wildman–Crippen LogP) is 2.35. The fourth-order valence-electron chi connectivity index (χ4n) is 4.41. The topological polar surface area (TPSA) is 120 Å². The summed E-state index contributed by atoms with van der Waals surface area (Å²) in [7, 11) is -3.64. The minimum atomic E-state index is -3.64. The van der Waals surface area contributed by atoms with Crippen molar-refractivity contribution in [2.45, 2.75) is 10.6 Å². The van der Waals surface area contributed by atoms with Gasteiger partial charge in [-0.3, -0.25) is 4.79 Å². The number of benzene rings is 2. The van der Waals surface area contributed by atoms with Crippen molar-refractivity contribution in [3.8, 4) is 28.3 Å². The molecule has 6 rings (SSSR count). The number of amides is 1. The van der Waals surface area contributed by atoms with Crippen LogP contribution in [0.1, 0.15) is 16.1 Å². The summed E-state index contributed by atoms with van der Waals surface area (Å²) in [5, 5.41) is 8.57. The lowest BCUT2D eigenvalue weighted by atomic mass is 10.0. The number of morpholine rings is 1. The Hall–Kier alpha value is -3.83. The van der Waals surface area contributed by atoms with E-state index in [4.69, 9.17) is 9.26 Å². The first-order valence-corrected chi connectivity index (χ1v) is 12.4. The van der Waals surface area contributed by atoms with Gasteiger partial charge in [0.2, 0.25) is 12.2 Å². The smallest absolute Gasteiger partial charge is 0.274 e. The van der Waals surface area contributed by atoms with E-state index in [0.717, 1.165) is 0 Å². The number of rotatable bonds is 3. The lowest BCUT2D eigenvalue weighted by Gasteiger charge is -2.26. The van der Waals surface area contributed by atoms with E-state index < -0.39 is 9.84 Å². The summed E-state index contributed by atoms with van der Waals surface area (Å²) in [5.41, 5.74) is 3.00. The molecule has 0 atom stereocenters. The molecule has 2 aliphatic heterocycles. The fraction of sp³-hybridized carbons (Fsp3) is 0.217. The first-order valence-electron chi connectivity index (χ1n) is 10.7. The molecular formula is C23H19N5O5S. The highest BCUT2D eigenvalue weighted by Gasteiger charge is 2.37. The molecule has 0 N–H and O–H groups in total. The van der Waals surface area contributed by atoms with E-state index in [9.17, 15) is 13.2 Å². The molecule has 172 valence electrons. The third-order valence-electron chi connectivity index (χ3n) is 6.01. The third-order valence-corrected chi connectivity index (χ3v) is 7.70. The van der Waals surface area contributed by atoms with Crippen LogP contribution >= 0.6 is 0 Å². The fourth-order valence-corrected chi connectivity index (χ4v) is 6.01. The van der Waals surface area contributed by atoms with Crippen molar-refractivity contribution in [2.24, 2.45) is 0 Å². The molecule has 0 radical (unpaired) electrons. The molecule has 10 nitrogen and oxygen atoms in total. The van der Waals surface area contributed by atoms with Crippen molar-refractivity contribution in [1.29, 1.82) is 0 Å². The van der Waals surface area contributed by atoms with Gasteiger partial charge in [0.05, 0.1) is 35.2 Å². The summed E-state index contributed by atoms with van der Waals surface area (Å²) in [6, 6.07) is 14.1. The van der Waals surface area contributed by atoms with Gasteiger partial charge in [0.25, 0.3) is 5.91 Å². The zero-order valence-electron chi connectivity index (χ0n) is 17.9. The number of fused-ring (bicyclic) bond motifs is 3. The molecule has 1 fully saturated rings. The molecule has 0 saturated carbocycles. The molecule has 0 unspecified atom stereocenters. The molecule has 2 aromatic heterocycles. The molecule has 0 spiro atoms. The van der Waals surface area contributed by atoms with Gasteiger partial charge in [-0.1, -0.05) is 35.5 Å². The Morgan fingerprint density at radius 1 is 1.03 bits per heavy atom. The highest BCUT2D eigenvalue weighted by atomic mass is 32.2. The van der Waals surface area contributed by atoms with Gasteiger partial charge >= 0.3 is 0 Å². The van der Waals surface area contributed by atoms with Gasteiger partial charge in [0, 0.05) is 29.8 Å². The average molecular weight is 478 g/mol. The summed E-state index contributed by atoms with van der Waals surface area (Å²) in [6.07, 6.45) is 1.25. The number of aromatic nitrogens is 4. The van der Waals surface area contributed by atoms with E-state index >= 15 is 0 Å². The number of sulfone groups is 1. The van der Waals surface area contributed by atoms with Gasteiger partial charge in [0.15, 0.2) is 15.5 Å². The molecule has 0 bridgehead atoms. The second-order valence-corrected chi connectivity index (χ2v) is 10.0. The molecule has 1 saturated heterocycles. The Labute approximate surface area is 194 Å². The van der Waals surface area contributed by atoms with Crippen molar-refractivity contribution < 1.29 is 22.5 Å². The van der Waals surface area contributed by atoms with Crippen molar-refractivity contribution in [3.63, 3.8) is 0 Å². The van der Waals surface area contributed by atoms with Crippen LogP contribution < -0.4 is 0 Å². The first-order chi connectivity index (χ1) is 16.5. The molecule has 0 aliphatic carbocycles. The monoisotopic (exact) mass is 477 g/mol. The molecule has 2 aromatic carbocycles. The maximum absolute atomic E-state index is 13.5. The van der Waals surface area contributed by atoms with Crippen LogP contribution in [0.2, 0.25) is 0 Å². The van der Waals surface area contributed by atoms with Crippen molar-refractivity contribution >= 4 is 15.7 Å². The maximum Gasteiger partial charge on any atom is 0.274 e. The second kappa shape index (κ2) is 7.89. The zero-order valence-corrected chi connectivity index (χ0v) is 18.7. The zero-order chi connectivity index (χ0) is 23.3. The molecule has 11 heteroatoms. The lowest BCUT2D eigenvalue weighted by molar-refractivity contribution is 0.0298. The van der Waals surface area contributed by atoms with Gasteiger partial charge in [-0.15, -0.1) is 0 Å². The van der Waals surface area contributed by atoms with Crippen molar-refractivity contribution in [2.75, 3.05) is 26.3 Å². The Morgan fingerprint density at radius 2 is 1.85 bits per heavy atom. The van der Waals surface area contributed by atoms with Crippen LogP contribution in [-0.2, 0) is 20.3 Å². The van der Waals surface area contributed by atoms with Crippen LogP contribution in [0.15, 0.2) is 64.3 Å². The number of hydrogen-bond donors (Lipinski definition) is 0. The van der Waals surface area contributed by atoms with Gasteiger partial charge in [0.1, 0.15) is 0 Å². The average Bonchev–Trinajstić information content (AvgIpc) is 3.53. The predicted molar refractivity (Wildman–Crippen MR) is 120 cm³/mol. The molecule has 2 aliphatic rings. The minimum Gasteiger partial charge on any atom is -0.378 e. The van der Waals surface area contributed by atoms with E-state index in [2.05, 4.69) is 15.2 Å². The summed E-state index contributed by atoms with van der Waals surface area (Å²) < 4.78 is 38.1. The van der Waals surface area contributed by atoms with Crippen LogP contribution in [-0.4, -0.2) is 65.4 Å². The molecule has 34 heavy (non-hydrogen) atoms. The summed E-state index contributed by atoms with van der Waals surface area (Å²) in [6.45, 7) is 1.72. The van der Waals surface area contributed by atoms with Crippen LogP contribution in [0, 0.1) is 0 Å². The van der Waals surface area contributed by atoms with E-state index in [0.29, 0.717) is 60.2 Å². The quantitative estimate of drug-likeness (QED) is 0.441. The van der Waals surface area contributed by atoms with E-state index in [1.54, 1.807) is 33.8 Å². The van der Waals surface area contributed by atoms with Crippen LogP contribution in [0.4, 0.5) is 0 Å². The Balaban J connectivity index is 1.57. The largest absolute Gasteiger partial charge is 0.378 e. The molecule has 4 aromatic rings. The van der Waals surface area contributed by atoms with Gasteiger partial charge in [-0.25, -0.2) is 13.1 Å². The van der Waals surface area contributed by atoms with Gasteiger partial charge in [-0.2, -0.15) is 10.1 Å². The third kappa shape index (κ3) is 3.32. The molecular weight excluding hydrogens is 458 g/mol. The van der Waals surface area contributed by atoms with Crippen LogP contribution in [0.5, 0.6) is 0 Å². The Bertz CT molecular complexity index is 1500. The molecule has 4 heterocycles. The number of carbonyl (C=O) groups excluding carboxylic acids is 1. The number of ether oxygens (including phenoxy) is 1. The Morgan fingerprint density at radius 3 is 2.65 bits per heavy atom. The Kier molecular flexibility index (Phi) is 4.82. The SMILES string of the molecule is O=C(c1nn(-c2cccc(-c3ncon3)c2)c2c1CS(=O)(=O)c1ccccc1-2)N1CCOCC1. The number of hydrogen-bond acceptors (Lipinski definition) is 8. The van der Waals surface area contributed by atoms with Crippen LogP contribution in [0.3, 0.4) is 0 Å². The van der Waals surface area contributed by atoms with E-state index in [-0.39, 0.29) is 22.2 Å². The number of nitrogens with zero attached hydrogens (tertiary/aromatic N) is 5. The van der Waals surface area contributed by atoms with E-state index in [1.165, 1.54) is 6.39 Å². The second-order valence-electron chi connectivity index (χ2n) is 8.05. The van der Waals surface area contributed by atoms with E-state index in [1.807, 2.05) is 24.3 Å². The number of carbonyl (C=O) groups is 1. The normalized spacial score (nSPS) is 16.6. The lowest BCUT2D eigenvalue weighted by Crippen LogP contribution is -2.41. The van der Waals surface area contributed by atoms with Gasteiger partial charge in [-0.05, 0) is 18.2 Å². The summed E-state index contributed by atoms with van der Waals surface area (Å²) in [4.78, 5) is 19.4.